The van der Waals surface area contributed by atoms with Crippen LogP contribution < -0.4 is 15.4 Å². The summed E-state index contributed by atoms with van der Waals surface area (Å²) in [6.45, 7) is 2.86. The van der Waals surface area contributed by atoms with Crippen LogP contribution in [0.4, 0.5) is 5.69 Å². The number of halogens is 1. The minimum Gasteiger partial charge on any atom is -0.495 e. The van der Waals surface area contributed by atoms with E-state index in [2.05, 4.69) is 10.6 Å². The molecule has 1 rings (SSSR count). The Kier molecular flexibility index (Phi) is 8.00. The summed E-state index contributed by atoms with van der Waals surface area (Å²) in [5.41, 5.74) is 0.521. The first-order valence-electron chi connectivity index (χ1n) is 7.60. The molecule has 3 N–H and O–H groups in total. The average Bonchev–Trinajstić information content (AvgIpc) is 2.55. The van der Waals surface area contributed by atoms with Crippen molar-refractivity contribution in [3.63, 3.8) is 0 Å². The molecule has 9 heteroatoms. The summed E-state index contributed by atoms with van der Waals surface area (Å²) in [5, 5.41) is 15.1. The van der Waals surface area contributed by atoms with Crippen molar-refractivity contribution in [1.82, 2.24) is 10.2 Å². The lowest BCUT2D eigenvalue weighted by Gasteiger charge is -2.27. The zero-order chi connectivity index (χ0) is 19.0. The number of benzene rings is 1. The molecule has 0 bridgehead atoms. The van der Waals surface area contributed by atoms with Gasteiger partial charge < -0.3 is 25.4 Å². The quantitative estimate of drug-likeness (QED) is 0.602. The lowest BCUT2D eigenvalue weighted by molar-refractivity contribution is -0.148. The molecule has 1 aromatic carbocycles. The number of hydrogen-bond donors (Lipinski definition) is 3. The molecule has 138 valence electrons. The third-order valence-electron chi connectivity index (χ3n) is 3.46. The number of aliphatic carboxylic acids is 1. The number of carbonyl (C=O) groups excluding carboxylic acids is 2. The van der Waals surface area contributed by atoms with Crippen molar-refractivity contribution in [1.29, 1.82) is 0 Å². The van der Waals surface area contributed by atoms with E-state index in [1.807, 2.05) is 0 Å². The Labute approximate surface area is 151 Å². The van der Waals surface area contributed by atoms with Gasteiger partial charge in [0.2, 0.25) is 11.8 Å². The number of nitrogens with zero attached hydrogens (tertiary/aromatic N) is 1. The number of carboxylic acid groups (broad SMARTS) is 1. The monoisotopic (exact) mass is 371 g/mol. The van der Waals surface area contributed by atoms with Crippen molar-refractivity contribution in [3.05, 3.63) is 23.2 Å². The molecule has 0 aliphatic rings. The van der Waals surface area contributed by atoms with Crippen LogP contribution >= 0.6 is 11.6 Å². The van der Waals surface area contributed by atoms with Gasteiger partial charge in [0.1, 0.15) is 11.8 Å². The van der Waals surface area contributed by atoms with E-state index in [0.29, 0.717) is 16.5 Å². The molecule has 25 heavy (non-hydrogen) atoms. The van der Waals surface area contributed by atoms with Gasteiger partial charge in [0.25, 0.3) is 0 Å². The minimum atomic E-state index is -1.13. The number of rotatable bonds is 9. The molecule has 0 fully saturated rings. The molecule has 0 aromatic heterocycles. The van der Waals surface area contributed by atoms with Crippen molar-refractivity contribution < 1.29 is 24.2 Å². The van der Waals surface area contributed by atoms with Crippen LogP contribution in [0.2, 0.25) is 5.02 Å². The molecule has 1 atom stereocenters. The molecule has 0 spiro atoms. The van der Waals surface area contributed by atoms with Gasteiger partial charge in [-0.1, -0.05) is 11.6 Å². The number of carbonyl (C=O) groups is 3. The predicted molar refractivity (Wildman–Crippen MR) is 94.0 cm³/mol. The van der Waals surface area contributed by atoms with E-state index in [1.165, 1.54) is 25.9 Å². The number of anilines is 1. The smallest absolute Gasteiger partial charge is 0.326 e. The fourth-order valence-electron chi connectivity index (χ4n) is 2.11. The molecule has 0 heterocycles. The number of hydrogen-bond acceptors (Lipinski definition) is 5. The van der Waals surface area contributed by atoms with Crippen molar-refractivity contribution in [2.75, 3.05) is 32.1 Å². The number of carboxylic acids is 1. The highest BCUT2D eigenvalue weighted by atomic mass is 35.5. The van der Waals surface area contributed by atoms with E-state index in [1.54, 1.807) is 18.2 Å². The highest BCUT2D eigenvalue weighted by Crippen LogP contribution is 2.27. The Morgan fingerprint density at radius 2 is 2.04 bits per heavy atom. The van der Waals surface area contributed by atoms with Crippen LogP contribution in [0.25, 0.3) is 0 Å². The fourth-order valence-corrected chi connectivity index (χ4v) is 2.28. The molecule has 8 nitrogen and oxygen atoms in total. The first-order valence-corrected chi connectivity index (χ1v) is 7.98. The lowest BCUT2D eigenvalue weighted by atomic mass is 10.2. The minimum absolute atomic E-state index is 0.0836. The second kappa shape index (κ2) is 9.73. The first kappa shape index (κ1) is 20.6. The summed E-state index contributed by atoms with van der Waals surface area (Å²) >= 11 is 5.93. The largest absolute Gasteiger partial charge is 0.495 e. The maximum Gasteiger partial charge on any atom is 0.326 e. The van der Waals surface area contributed by atoms with Crippen LogP contribution in [0.1, 0.15) is 13.8 Å². The van der Waals surface area contributed by atoms with Crippen LogP contribution in [0.3, 0.4) is 0 Å². The van der Waals surface area contributed by atoms with Gasteiger partial charge in [0.15, 0.2) is 0 Å². The molecule has 1 aromatic rings. The molecule has 0 saturated heterocycles. The zero-order valence-corrected chi connectivity index (χ0v) is 15.1. The molecular formula is C16H22ClN3O5. The van der Waals surface area contributed by atoms with E-state index in [0.717, 1.165) is 0 Å². The zero-order valence-electron chi connectivity index (χ0n) is 14.3. The highest BCUT2D eigenvalue weighted by Gasteiger charge is 2.25. The van der Waals surface area contributed by atoms with Gasteiger partial charge in [-0.3, -0.25) is 9.59 Å². The Morgan fingerprint density at radius 1 is 1.36 bits per heavy atom. The lowest BCUT2D eigenvalue weighted by Crippen LogP contribution is -2.48. The Bertz CT molecular complexity index is 638. The van der Waals surface area contributed by atoms with Gasteiger partial charge in [-0.15, -0.1) is 0 Å². The Morgan fingerprint density at radius 3 is 2.60 bits per heavy atom. The van der Waals surface area contributed by atoms with Crippen LogP contribution in [-0.4, -0.2) is 60.6 Å². The van der Waals surface area contributed by atoms with Crippen LogP contribution in [0.5, 0.6) is 5.75 Å². The van der Waals surface area contributed by atoms with Gasteiger partial charge in [0.05, 0.1) is 19.3 Å². The molecule has 2 amide bonds. The third-order valence-corrected chi connectivity index (χ3v) is 3.70. The molecule has 0 radical (unpaired) electrons. The summed E-state index contributed by atoms with van der Waals surface area (Å²) in [5.74, 6) is -1.30. The number of ether oxygens (including phenoxy) is 1. The summed E-state index contributed by atoms with van der Waals surface area (Å²) in [7, 11) is 1.49. The maximum absolute atomic E-state index is 12.4. The maximum atomic E-state index is 12.4. The van der Waals surface area contributed by atoms with Crippen molar-refractivity contribution >= 4 is 35.1 Å². The third kappa shape index (κ3) is 6.50. The van der Waals surface area contributed by atoms with Gasteiger partial charge in [-0.2, -0.15) is 0 Å². The van der Waals surface area contributed by atoms with Crippen molar-refractivity contribution in [3.8, 4) is 5.75 Å². The normalized spacial score (nSPS) is 11.4. The van der Waals surface area contributed by atoms with Gasteiger partial charge >= 0.3 is 5.97 Å². The van der Waals surface area contributed by atoms with Crippen molar-refractivity contribution in [2.24, 2.45) is 0 Å². The van der Waals surface area contributed by atoms with E-state index >= 15 is 0 Å². The molecule has 0 aliphatic heterocycles. The Hall–Kier alpha value is -2.48. The Balaban J connectivity index is 2.78. The summed E-state index contributed by atoms with van der Waals surface area (Å²) in [4.78, 5) is 35.8. The number of nitrogens with one attached hydrogen (secondary N) is 2. The van der Waals surface area contributed by atoms with Gasteiger partial charge in [-0.25, -0.2) is 4.79 Å². The molecule has 0 aliphatic carbocycles. The fraction of sp³-hybridized carbons (Fsp3) is 0.438. The van der Waals surface area contributed by atoms with Gasteiger partial charge in [-0.05, 0) is 25.1 Å². The summed E-state index contributed by atoms with van der Waals surface area (Å²) in [6, 6.07) is 3.89. The topological polar surface area (TPSA) is 108 Å². The highest BCUT2D eigenvalue weighted by molar-refractivity contribution is 6.30. The number of amides is 2. The first-order chi connectivity index (χ1) is 11.8. The van der Waals surface area contributed by atoms with Crippen molar-refractivity contribution in [2.45, 2.75) is 19.9 Å². The van der Waals surface area contributed by atoms with Crippen LogP contribution in [-0.2, 0) is 14.4 Å². The standard InChI is InChI=1S/C16H22ClN3O5/c1-10(16(23)24)20(7-6-18-11(2)21)15(22)9-19-13-8-12(17)4-5-14(13)25-3/h4-5,8,10,19H,6-7,9H2,1-3H3,(H,18,21)(H,23,24). The molecular weight excluding hydrogens is 350 g/mol. The number of methoxy groups -OCH3 is 1. The summed E-state index contributed by atoms with van der Waals surface area (Å²) < 4.78 is 5.18. The average molecular weight is 372 g/mol. The second-order valence-corrected chi connectivity index (χ2v) is 5.72. The SMILES string of the molecule is COc1ccc(Cl)cc1NCC(=O)N(CCNC(C)=O)C(C)C(=O)O. The van der Waals surface area contributed by atoms with Crippen LogP contribution in [0, 0.1) is 0 Å². The predicted octanol–water partition coefficient (Wildman–Crippen LogP) is 1.20. The van der Waals surface area contributed by atoms with E-state index in [9.17, 15) is 19.5 Å². The summed E-state index contributed by atoms with van der Waals surface area (Å²) in [6.07, 6.45) is 0. The van der Waals surface area contributed by atoms with Crippen LogP contribution in [0.15, 0.2) is 18.2 Å². The molecule has 0 saturated carbocycles. The second-order valence-electron chi connectivity index (χ2n) is 5.28. The molecule has 1 unspecified atom stereocenters. The van der Waals surface area contributed by atoms with E-state index in [-0.39, 0.29) is 25.5 Å². The van der Waals surface area contributed by atoms with Gasteiger partial charge in [0, 0.05) is 25.0 Å². The van der Waals surface area contributed by atoms with E-state index in [4.69, 9.17) is 16.3 Å². The van der Waals surface area contributed by atoms with E-state index < -0.39 is 17.9 Å².